The fourth-order valence-electron chi connectivity index (χ4n) is 3.96. The third-order valence-corrected chi connectivity index (χ3v) is 5.26. The number of hydrogen-bond donors (Lipinski definition) is 0. The van der Waals surface area contributed by atoms with Gasteiger partial charge in [-0.25, -0.2) is 4.98 Å². The Balaban J connectivity index is 1.49. The van der Waals surface area contributed by atoms with E-state index in [9.17, 15) is 0 Å². The lowest BCUT2D eigenvalue weighted by molar-refractivity contribution is -0.0445. The van der Waals surface area contributed by atoms with E-state index in [1.807, 2.05) is 12.5 Å². The van der Waals surface area contributed by atoms with E-state index in [1.165, 1.54) is 44.2 Å². The molecule has 0 aromatic carbocycles. The maximum absolute atomic E-state index is 6.04. The predicted octanol–water partition coefficient (Wildman–Crippen LogP) is 2.70. The van der Waals surface area contributed by atoms with E-state index in [0.29, 0.717) is 6.10 Å². The van der Waals surface area contributed by atoms with Crippen molar-refractivity contribution in [3.8, 4) is 0 Å². The first-order valence-corrected chi connectivity index (χ1v) is 9.17. The van der Waals surface area contributed by atoms with Gasteiger partial charge in [-0.05, 0) is 12.3 Å². The number of aromatic nitrogens is 2. The summed E-state index contributed by atoms with van der Waals surface area (Å²) in [6.45, 7) is 5.53. The third-order valence-electron chi connectivity index (χ3n) is 5.26. The standard InChI is InChI=1S/C18H31N3O2/c1-22-9-8-21-15-19-12-17(21)13-20-7-10-23-18(14-20)11-16-5-3-2-4-6-16/h12,15-16,18H,2-11,13-14H2,1H3/t18-/m0/s1. The van der Waals surface area contributed by atoms with Gasteiger partial charge in [-0.3, -0.25) is 4.90 Å². The van der Waals surface area contributed by atoms with Gasteiger partial charge in [-0.1, -0.05) is 32.1 Å². The normalized spacial score (nSPS) is 24.1. The molecular formula is C18H31N3O2. The summed E-state index contributed by atoms with van der Waals surface area (Å²) < 4.78 is 13.4. The van der Waals surface area contributed by atoms with E-state index >= 15 is 0 Å². The van der Waals surface area contributed by atoms with Crippen molar-refractivity contribution in [2.75, 3.05) is 33.4 Å². The van der Waals surface area contributed by atoms with E-state index < -0.39 is 0 Å². The van der Waals surface area contributed by atoms with Gasteiger partial charge in [0, 0.05) is 39.5 Å². The summed E-state index contributed by atoms with van der Waals surface area (Å²) in [7, 11) is 1.74. The first kappa shape index (κ1) is 16.9. The van der Waals surface area contributed by atoms with Crippen LogP contribution in [0.1, 0.15) is 44.2 Å². The molecule has 130 valence electrons. The summed E-state index contributed by atoms with van der Waals surface area (Å²) in [6, 6.07) is 0. The minimum Gasteiger partial charge on any atom is -0.383 e. The van der Waals surface area contributed by atoms with Crippen molar-refractivity contribution < 1.29 is 9.47 Å². The van der Waals surface area contributed by atoms with Crippen LogP contribution < -0.4 is 0 Å². The highest BCUT2D eigenvalue weighted by Crippen LogP contribution is 2.29. The van der Waals surface area contributed by atoms with Crippen molar-refractivity contribution >= 4 is 0 Å². The molecule has 0 radical (unpaired) electrons. The summed E-state index contributed by atoms with van der Waals surface area (Å²) in [6.07, 6.45) is 12.6. The van der Waals surface area contributed by atoms with Crippen LogP contribution in [0.2, 0.25) is 0 Å². The van der Waals surface area contributed by atoms with Crippen LogP contribution in [-0.4, -0.2) is 54.0 Å². The second-order valence-electron chi connectivity index (χ2n) is 7.04. The Morgan fingerprint density at radius 1 is 1.30 bits per heavy atom. The fourth-order valence-corrected chi connectivity index (χ4v) is 3.96. The van der Waals surface area contributed by atoms with Gasteiger partial charge in [0.25, 0.3) is 0 Å². The zero-order chi connectivity index (χ0) is 15.9. The molecule has 1 aliphatic heterocycles. The highest BCUT2D eigenvalue weighted by Gasteiger charge is 2.25. The number of rotatable bonds is 7. The Hall–Kier alpha value is -0.910. The zero-order valence-electron chi connectivity index (χ0n) is 14.5. The van der Waals surface area contributed by atoms with Gasteiger partial charge < -0.3 is 14.0 Å². The third kappa shape index (κ3) is 5.03. The summed E-state index contributed by atoms with van der Waals surface area (Å²) in [5.74, 6) is 0.890. The number of morpholine rings is 1. The molecule has 1 saturated heterocycles. The van der Waals surface area contributed by atoms with Gasteiger partial charge in [-0.15, -0.1) is 0 Å². The molecule has 0 bridgehead atoms. The molecule has 23 heavy (non-hydrogen) atoms. The highest BCUT2D eigenvalue weighted by atomic mass is 16.5. The number of hydrogen-bond acceptors (Lipinski definition) is 4. The van der Waals surface area contributed by atoms with Gasteiger partial charge in [0.05, 0.1) is 31.3 Å². The summed E-state index contributed by atoms with van der Waals surface area (Å²) >= 11 is 0. The molecule has 2 fully saturated rings. The molecular weight excluding hydrogens is 290 g/mol. The van der Waals surface area contributed by atoms with Crippen LogP contribution in [-0.2, 0) is 22.6 Å². The Labute approximate surface area is 140 Å². The summed E-state index contributed by atoms with van der Waals surface area (Å²) in [5, 5.41) is 0. The molecule has 2 heterocycles. The average Bonchev–Trinajstić information content (AvgIpc) is 3.01. The fraction of sp³-hybridized carbons (Fsp3) is 0.833. The van der Waals surface area contributed by atoms with Crippen molar-refractivity contribution in [1.29, 1.82) is 0 Å². The molecule has 0 spiro atoms. The van der Waals surface area contributed by atoms with Gasteiger partial charge in [0.1, 0.15) is 0 Å². The maximum Gasteiger partial charge on any atom is 0.0949 e. The number of imidazole rings is 1. The smallest absolute Gasteiger partial charge is 0.0949 e. The van der Waals surface area contributed by atoms with Gasteiger partial charge in [0.15, 0.2) is 0 Å². The Morgan fingerprint density at radius 2 is 2.17 bits per heavy atom. The van der Waals surface area contributed by atoms with Crippen molar-refractivity contribution in [1.82, 2.24) is 14.5 Å². The SMILES string of the molecule is COCCn1cncc1CN1CCO[C@@H](CC2CCCCC2)C1. The number of methoxy groups -OCH3 is 1. The molecule has 1 aromatic heterocycles. The van der Waals surface area contributed by atoms with Gasteiger partial charge in [0.2, 0.25) is 0 Å². The second kappa shape index (κ2) is 8.81. The first-order valence-electron chi connectivity index (χ1n) is 9.17. The second-order valence-corrected chi connectivity index (χ2v) is 7.04. The zero-order valence-corrected chi connectivity index (χ0v) is 14.5. The molecule has 0 N–H and O–H groups in total. The molecule has 0 unspecified atom stereocenters. The number of nitrogens with zero attached hydrogens (tertiary/aromatic N) is 3. The van der Waals surface area contributed by atoms with Gasteiger partial charge in [-0.2, -0.15) is 0 Å². The lowest BCUT2D eigenvalue weighted by Gasteiger charge is -2.35. The summed E-state index contributed by atoms with van der Waals surface area (Å²) in [4.78, 5) is 6.83. The van der Waals surface area contributed by atoms with E-state index in [1.54, 1.807) is 7.11 Å². The van der Waals surface area contributed by atoms with E-state index in [-0.39, 0.29) is 0 Å². The van der Waals surface area contributed by atoms with E-state index in [2.05, 4.69) is 14.5 Å². The quantitative estimate of drug-likeness (QED) is 0.774. The molecule has 0 amide bonds. The molecule has 1 aromatic rings. The Kier molecular flexibility index (Phi) is 6.48. The monoisotopic (exact) mass is 321 g/mol. The van der Waals surface area contributed by atoms with Crippen LogP contribution >= 0.6 is 0 Å². The van der Waals surface area contributed by atoms with Crippen molar-refractivity contribution in [2.45, 2.75) is 57.7 Å². The van der Waals surface area contributed by atoms with Gasteiger partial charge >= 0.3 is 0 Å². The van der Waals surface area contributed by atoms with E-state index in [4.69, 9.17) is 9.47 Å². The topological polar surface area (TPSA) is 39.5 Å². The van der Waals surface area contributed by atoms with Crippen LogP contribution in [0.25, 0.3) is 0 Å². The van der Waals surface area contributed by atoms with Crippen LogP contribution in [0.15, 0.2) is 12.5 Å². The van der Waals surface area contributed by atoms with Crippen LogP contribution in [0, 0.1) is 5.92 Å². The maximum atomic E-state index is 6.04. The lowest BCUT2D eigenvalue weighted by Crippen LogP contribution is -2.43. The van der Waals surface area contributed by atoms with Crippen molar-refractivity contribution in [2.24, 2.45) is 5.92 Å². The van der Waals surface area contributed by atoms with Crippen LogP contribution in [0.5, 0.6) is 0 Å². The number of ether oxygens (including phenoxy) is 2. The molecule has 3 rings (SSSR count). The van der Waals surface area contributed by atoms with E-state index in [0.717, 1.165) is 45.3 Å². The minimum atomic E-state index is 0.419. The minimum absolute atomic E-state index is 0.419. The van der Waals surface area contributed by atoms with Crippen LogP contribution in [0.4, 0.5) is 0 Å². The largest absolute Gasteiger partial charge is 0.383 e. The predicted molar refractivity (Wildman–Crippen MR) is 90.3 cm³/mol. The van der Waals surface area contributed by atoms with Crippen molar-refractivity contribution in [3.05, 3.63) is 18.2 Å². The highest BCUT2D eigenvalue weighted by molar-refractivity contribution is 4.99. The molecule has 5 nitrogen and oxygen atoms in total. The summed E-state index contributed by atoms with van der Waals surface area (Å²) in [5.41, 5.74) is 1.28. The Bertz CT molecular complexity index is 457. The Morgan fingerprint density at radius 3 is 3.00 bits per heavy atom. The average molecular weight is 321 g/mol. The molecule has 1 aliphatic carbocycles. The first-order chi connectivity index (χ1) is 11.3. The molecule has 5 heteroatoms. The molecule has 1 saturated carbocycles. The lowest BCUT2D eigenvalue weighted by atomic mass is 9.85. The molecule has 1 atom stereocenters. The van der Waals surface area contributed by atoms with Crippen LogP contribution in [0.3, 0.4) is 0 Å². The van der Waals surface area contributed by atoms with Crippen molar-refractivity contribution in [3.63, 3.8) is 0 Å². The molecule has 2 aliphatic rings.